The van der Waals surface area contributed by atoms with Crippen molar-refractivity contribution in [2.45, 2.75) is 25.0 Å². The summed E-state index contributed by atoms with van der Waals surface area (Å²) in [6.07, 6.45) is 2.51. The molecule has 25 heavy (non-hydrogen) atoms. The summed E-state index contributed by atoms with van der Waals surface area (Å²) in [7, 11) is 0. The molecule has 0 radical (unpaired) electrons. The lowest BCUT2D eigenvalue weighted by atomic mass is 9.98. The van der Waals surface area contributed by atoms with E-state index in [1.165, 1.54) is 12.1 Å². The Balaban J connectivity index is 1.96. The fourth-order valence-electron chi connectivity index (χ4n) is 2.75. The molecule has 0 aliphatic carbocycles. The molecule has 2 atom stereocenters. The number of rotatable bonds is 3. The lowest BCUT2D eigenvalue weighted by Gasteiger charge is -2.23. The summed E-state index contributed by atoms with van der Waals surface area (Å²) in [5, 5.41) is 10.6. The van der Waals surface area contributed by atoms with Crippen LogP contribution in [0.1, 0.15) is 18.4 Å². The van der Waals surface area contributed by atoms with Gasteiger partial charge in [0.1, 0.15) is 11.9 Å². The third kappa shape index (κ3) is 4.40. The van der Waals surface area contributed by atoms with Gasteiger partial charge in [0.05, 0.1) is 12.5 Å². The highest BCUT2D eigenvalue weighted by molar-refractivity contribution is 6.36. The lowest BCUT2D eigenvalue weighted by Crippen LogP contribution is -2.31. The number of esters is 1. The molecule has 130 valence electrons. The van der Waals surface area contributed by atoms with E-state index in [4.69, 9.17) is 27.9 Å². The van der Waals surface area contributed by atoms with Crippen LogP contribution in [0.25, 0.3) is 17.2 Å². The number of aliphatic hydroxyl groups is 1. The zero-order valence-corrected chi connectivity index (χ0v) is 14.6. The number of cyclic esters (lactones) is 1. The Kier molecular flexibility index (Phi) is 5.42. The molecule has 6 heteroatoms. The van der Waals surface area contributed by atoms with Crippen LogP contribution in [-0.4, -0.2) is 23.3 Å². The van der Waals surface area contributed by atoms with Gasteiger partial charge < -0.3 is 9.84 Å². The van der Waals surface area contributed by atoms with Crippen LogP contribution in [0.15, 0.2) is 42.5 Å². The standard InChI is InChI=1S/C19H15Cl2FO3/c20-12-7-17(11-1-3-13(22)4-2-11)16(18(21)8-12)6-5-15-9-14(23)10-19(24)25-15/h1-8,14-15,23H,9-10H2/b6-5-. The number of hydrogen-bond acceptors (Lipinski definition) is 3. The maximum Gasteiger partial charge on any atom is 0.309 e. The minimum Gasteiger partial charge on any atom is -0.458 e. The predicted octanol–water partition coefficient (Wildman–Crippen LogP) is 4.88. The molecule has 2 unspecified atom stereocenters. The second kappa shape index (κ2) is 7.56. The van der Waals surface area contributed by atoms with E-state index >= 15 is 0 Å². The van der Waals surface area contributed by atoms with Crippen LogP contribution in [0.2, 0.25) is 10.0 Å². The average molecular weight is 381 g/mol. The molecule has 3 rings (SSSR count). The largest absolute Gasteiger partial charge is 0.458 e. The summed E-state index contributed by atoms with van der Waals surface area (Å²) < 4.78 is 18.4. The molecule has 0 spiro atoms. The van der Waals surface area contributed by atoms with E-state index < -0.39 is 18.2 Å². The summed E-state index contributed by atoms with van der Waals surface area (Å²) >= 11 is 12.4. The van der Waals surface area contributed by atoms with Crippen LogP contribution in [-0.2, 0) is 9.53 Å². The van der Waals surface area contributed by atoms with Gasteiger partial charge in [0, 0.05) is 22.0 Å². The van der Waals surface area contributed by atoms with Gasteiger partial charge in [0.25, 0.3) is 0 Å². The summed E-state index contributed by atoms with van der Waals surface area (Å²) in [6, 6.07) is 9.34. The Bertz CT molecular complexity index is 818. The van der Waals surface area contributed by atoms with Gasteiger partial charge in [0.2, 0.25) is 0 Å². The minimum absolute atomic E-state index is 0.00682. The molecule has 1 aliphatic rings. The zero-order chi connectivity index (χ0) is 18.0. The Labute approximate surface area is 154 Å². The van der Waals surface area contributed by atoms with Crippen LogP contribution >= 0.6 is 23.2 Å². The highest BCUT2D eigenvalue weighted by Gasteiger charge is 2.25. The van der Waals surface area contributed by atoms with Gasteiger partial charge >= 0.3 is 5.97 Å². The Hall–Kier alpha value is -1.88. The summed E-state index contributed by atoms with van der Waals surface area (Å²) in [6.45, 7) is 0. The third-order valence-corrected chi connectivity index (χ3v) is 4.45. The highest BCUT2D eigenvalue weighted by atomic mass is 35.5. The van der Waals surface area contributed by atoms with E-state index in [0.29, 0.717) is 22.0 Å². The average Bonchev–Trinajstić information content (AvgIpc) is 2.53. The molecule has 0 amide bonds. The third-order valence-electron chi connectivity index (χ3n) is 3.92. The van der Waals surface area contributed by atoms with Crippen molar-refractivity contribution in [2.24, 2.45) is 0 Å². The van der Waals surface area contributed by atoms with Crippen LogP contribution < -0.4 is 0 Å². The molecular weight excluding hydrogens is 366 g/mol. The van der Waals surface area contributed by atoms with E-state index in [2.05, 4.69) is 0 Å². The number of benzene rings is 2. The molecule has 2 aromatic carbocycles. The van der Waals surface area contributed by atoms with Crippen LogP contribution in [0.5, 0.6) is 0 Å². The van der Waals surface area contributed by atoms with Crippen molar-refractivity contribution in [2.75, 3.05) is 0 Å². The van der Waals surface area contributed by atoms with Crippen LogP contribution in [0.3, 0.4) is 0 Å². The van der Waals surface area contributed by atoms with Crippen molar-refractivity contribution in [3.63, 3.8) is 0 Å². The fraction of sp³-hybridized carbons (Fsp3) is 0.211. The van der Waals surface area contributed by atoms with E-state index in [1.54, 1.807) is 36.4 Å². The highest BCUT2D eigenvalue weighted by Crippen LogP contribution is 2.34. The van der Waals surface area contributed by atoms with Gasteiger partial charge in [-0.15, -0.1) is 0 Å². The number of ether oxygens (including phenoxy) is 1. The molecule has 1 heterocycles. The van der Waals surface area contributed by atoms with E-state index in [0.717, 1.165) is 11.1 Å². The molecular formula is C19H15Cl2FO3. The Morgan fingerprint density at radius 2 is 1.92 bits per heavy atom. The molecule has 0 bridgehead atoms. The molecule has 2 aromatic rings. The normalized spacial score (nSPS) is 20.7. The van der Waals surface area contributed by atoms with Crippen molar-refractivity contribution in [3.05, 3.63) is 63.9 Å². The monoisotopic (exact) mass is 380 g/mol. The van der Waals surface area contributed by atoms with Gasteiger partial charge in [0.15, 0.2) is 0 Å². The minimum atomic E-state index is -0.715. The first-order valence-corrected chi connectivity index (χ1v) is 8.48. The quantitative estimate of drug-likeness (QED) is 0.771. The summed E-state index contributed by atoms with van der Waals surface area (Å²) in [5.41, 5.74) is 2.16. The first-order chi connectivity index (χ1) is 11.9. The van der Waals surface area contributed by atoms with Crippen molar-refractivity contribution < 1.29 is 19.0 Å². The lowest BCUT2D eigenvalue weighted by molar-refractivity contribution is -0.156. The molecule has 1 aliphatic heterocycles. The second-order valence-corrected chi connectivity index (χ2v) is 6.68. The van der Waals surface area contributed by atoms with Gasteiger partial charge in [-0.1, -0.05) is 41.4 Å². The van der Waals surface area contributed by atoms with E-state index in [9.17, 15) is 14.3 Å². The van der Waals surface area contributed by atoms with Crippen LogP contribution in [0, 0.1) is 5.82 Å². The Morgan fingerprint density at radius 3 is 2.60 bits per heavy atom. The molecule has 0 saturated carbocycles. The number of carbonyl (C=O) groups excluding carboxylic acids is 1. The van der Waals surface area contributed by atoms with E-state index in [-0.39, 0.29) is 12.2 Å². The van der Waals surface area contributed by atoms with Gasteiger partial charge in [-0.05, 0) is 41.5 Å². The topological polar surface area (TPSA) is 46.5 Å². The maximum absolute atomic E-state index is 13.2. The number of carbonyl (C=O) groups is 1. The smallest absolute Gasteiger partial charge is 0.309 e. The van der Waals surface area contributed by atoms with Crippen molar-refractivity contribution in [1.29, 1.82) is 0 Å². The summed E-state index contributed by atoms with van der Waals surface area (Å²) in [5.74, 6) is -0.772. The predicted molar refractivity (Wildman–Crippen MR) is 96.0 cm³/mol. The molecule has 1 fully saturated rings. The van der Waals surface area contributed by atoms with Gasteiger partial charge in [-0.2, -0.15) is 0 Å². The van der Waals surface area contributed by atoms with Crippen molar-refractivity contribution >= 4 is 35.2 Å². The molecule has 3 nitrogen and oxygen atoms in total. The number of aliphatic hydroxyl groups excluding tert-OH is 1. The second-order valence-electron chi connectivity index (χ2n) is 5.84. The molecule has 0 aromatic heterocycles. The maximum atomic E-state index is 13.2. The van der Waals surface area contributed by atoms with Crippen molar-refractivity contribution in [1.82, 2.24) is 0 Å². The van der Waals surface area contributed by atoms with Crippen LogP contribution in [0.4, 0.5) is 4.39 Å². The first kappa shape index (κ1) is 17.9. The Morgan fingerprint density at radius 1 is 1.20 bits per heavy atom. The summed E-state index contributed by atoms with van der Waals surface area (Å²) in [4.78, 5) is 11.4. The van der Waals surface area contributed by atoms with E-state index in [1.807, 2.05) is 0 Å². The SMILES string of the molecule is O=C1CC(O)CC(/C=C\c2c(Cl)cc(Cl)cc2-c2ccc(F)cc2)O1. The fourth-order valence-corrected chi connectivity index (χ4v) is 3.31. The van der Waals surface area contributed by atoms with Gasteiger partial charge in [-0.3, -0.25) is 4.79 Å². The molecule has 1 saturated heterocycles. The molecule has 1 N–H and O–H groups in total. The van der Waals surface area contributed by atoms with Gasteiger partial charge in [-0.25, -0.2) is 4.39 Å². The number of hydrogen-bond donors (Lipinski definition) is 1. The van der Waals surface area contributed by atoms with Crippen molar-refractivity contribution in [3.8, 4) is 11.1 Å². The number of halogens is 3. The first-order valence-electron chi connectivity index (χ1n) is 7.73. The zero-order valence-electron chi connectivity index (χ0n) is 13.1.